The summed E-state index contributed by atoms with van der Waals surface area (Å²) in [6.45, 7) is 1.36. The van der Waals surface area contributed by atoms with Crippen LogP contribution in [0.2, 0.25) is 0 Å². The van der Waals surface area contributed by atoms with E-state index in [1.807, 2.05) is 47.8 Å². The van der Waals surface area contributed by atoms with Crippen molar-refractivity contribution in [1.82, 2.24) is 14.4 Å². The van der Waals surface area contributed by atoms with E-state index in [1.165, 1.54) is 12.1 Å². The van der Waals surface area contributed by atoms with Crippen molar-refractivity contribution in [1.29, 1.82) is 0 Å². The Balaban J connectivity index is 1.62. The number of carbonyl (C=O) groups is 3. The molecule has 1 amide bonds. The normalized spacial score (nSPS) is 16.8. The van der Waals surface area contributed by atoms with Gasteiger partial charge in [0.25, 0.3) is 0 Å². The molecule has 1 aliphatic carbocycles. The van der Waals surface area contributed by atoms with Gasteiger partial charge in [0.15, 0.2) is 0 Å². The number of fused-ring (bicyclic) bond motifs is 1. The van der Waals surface area contributed by atoms with E-state index >= 15 is 0 Å². The van der Waals surface area contributed by atoms with Crippen LogP contribution in [-0.4, -0.2) is 78.7 Å². The lowest BCUT2D eigenvalue weighted by molar-refractivity contribution is -0.193. The average Bonchev–Trinajstić information content (AvgIpc) is 3.34. The van der Waals surface area contributed by atoms with Gasteiger partial charge in [-0.25, -0.2) is 9.59 Å². The summed E-state index contributed by atoms with van der Waals surface area (Å²) in [5.41, 5.74) is 3.16. The molecule has 0 atom stereocenters. The van der Waals surface area contributed by atoms with E-state index in [9.17, 15) is 27.6 Å². The fraction of sp³-hybridized carbons (Fsp3) is 0.485. The molecular formula is C33H38F3N3O5. The van der Waals surface area contributed by atoms with Gasteiger partial charge in [-0.3, -0.25) is 4.79 Å². The number of alkyl halides is 3. The van der Waals surface area contributed by atoms with Crippen molar-refractivity contribution >= 4 is 28.7 Å². The van der Waals surface area contributed by atoms with E-state index < -0.39 is 18.1 Å². The highest BCUT2D eigenvalue weighted by molar-refractivity contribution is 6.03. The van der Waals surface area contributed by atoms with Gasteiger partial charge < -0.3 is 23.8 Å². The summed E-state index contributed by atoms with van der Waals surface area (Å²) in [6, 6.07) is 12.5. The molecule has 1 aromatic heterocycles. The average molecular weight is 614 g/mol. The molecule has 44 heavy (non-hydrogen) atoms. The minimum absolute atomic E-state index is 0.0247. The Morgan fingerprint density at radius 2 is 1.59 bits per heavy atom. The number of esters is 2. The molecule has 2 aliphatic rings. The number of likely N-dealkylation sites (tertiary alicyclic amines) is 1. The molecule has 0 spiro atoms. The fourth-order valence-electron chi connectivity index (χ4n) is 6.60. The van der Waals surface area contributed by atoms with Crippen LogP contribution in [0.3, 0.4) is 0 Å². The lowest BCUT2D eigenvalue weighted by Crippen LogP contribution is -2.45. The number of carbonyl (C=O) groups excluding carboxylic acids is 3. The van der Waals surface area contributed by atoms with Gasteiger partial charge in [-0.05, 0) is 99.3 Å². The number of aromatic nitrogens is 1. The third-order valence-corrected chi connectivity index (χ3v) is 8.97. The number of halogens is 3. The molecule has 2 aromatic carbocycles. The number of hydrogen-bond donors (Lipinski definition) is 0. The molecule has 3 aromatic rings. The maximum Gasteiger partial charge on any atom is 0.491 e. The Kier molecular flexibility index (Phi) is 9.34. The summed E-state index contributed by atoms with van der Waals surface area (Å²) in [6.07, 6.45) is 1.40. The molecule has 2 fully saturated rings. The largest absolute Gasteiger partial charge is 0.497 e. The third-order valence-electron chi connectivity index (χ3n) is 8.97. The first-order valence-electron chi connectivity index (χ1n) is 15.1. The molecule has 0 unspecified atom stereocenters. The quantitative estimate of drug-likeness (QED) is 0.235. The van der Waals surface area contributed by atoms with Crippen molar-refractivity contribution in [3.05, 3.63) is 53.6 Å². The Labute approximate surface area is 254 Å². The van der Waals surface area contributed by atoms with Gasteiger partial charge in [0, 0.05) is 30.0 Å². The predicted molar refractivity (Wildman–Crippen MR) is 160 cm³/mol. The van der Waals surface area contributed by atoms with Crippen molar-refractivity contribution in [2.45, 2.75) is 69.6 Å². The second-order valence-electron chi connectivity index (χ2n) is 11.9. The van der Waals surface area contributed by atoms with Crippen LogP contribution in [0.25, 0.3) is 22.2 Å². The second kappa shape index (κ2) is 13.0. The van der Waals surface area contributed by atoms with Crippen molar-refractivity contribution in [3.63, 3.8) is 0 Å². The van der Waals surface area contributed by atoms with E-state index in [0.717, 1.165) is 61.8 Å². The molecular weight excluding hydrogens is 575 g/mol. The summed E-state index contributed by atoms with van der Waals surface area (Å²) < 4.78 is 50.0. The zero-order valence-electron chi connectivity index (χ0n) is 25.3. The van der Waals surface area contributed by atoms with Crippen LogP contribution in [0, 0.1) is 0 Å². The van der Waals surface area contributed by atoms with Crippen LogP contribution >= 0.6 is 0 Å². The van der Waals surface area contributed by atoms with Crippen LogP contribution < -0.4 is 4.74 Å². The second-order valence-corrected chi connectivity index (χ2v) is 11.9. The van der Waals surface area contributed by atoms with Crippen molar-refractivity contribution in [2.24, 2.45) is 0 Å². The Morgan fingerprint density at radius 3 is 2.18 bits per heavy atom. The van der Waals surface area contributed by atoms with Crippen LogP contribution in [-0.2, 0) is 20.9 Å². The number of hydrogen-bond acceptors (Lipinski definition) is 6. The lowest BCUT2D eigenvalue weighted by Gasteiger charge is -2.35. The number of methoxy groups -OCH3 is 1. The number of amides is 1. The van der Waals surface area contributed by atoms with Gasteiger partial charge >= 0.3 is 18.1 Å². The number of benzene rings is 2. The van der Waals surface area contributed by atoms with Gasteiger partial charge in [0.05, 0.1) is 18.4 Å². The van der Waals surface area contributed by atoms with E-state index in [1.54, 1.807) is 13.2 Å². The number of nitrogens with zero attached hydrogens (tertiary/aromatic N) is 3. The zero-order valence-corrected chi connectivity index (χ0v) is 25.3. The fourth-order valence-corrected chi connectivity index (χ4v) is 6.60. The number of piperidine rings is 1. The van der Waals surface area contributed by atoms with Gasteiger partial charge in [0.1, 0.15) is 12.3 Å². The first-order valence-corrected chi connectivity index (χ1v) is 15.1. The molecule has 2 heterocycles. The predicted octanol–water partition coefficient (Wildman–Crippen LogP) is 6.16. The maximum atomic E-state index is 13.8. The third kappa shape index (κ3) is 6.62. The molecule has 5 rings (SSSR count). The topological polar surface area (TPSA) is 81.1 Å². The van der Waals surface area contributed by atoms with Crippen LogP contribution in [0.1, 0.15) is 66.8 Å². The molecule has 1 saturated heterocycles. The lowest BCUT2D eigenvalue weighted by atomic mass is 9.81. The molecule has 0 radical (unpaired) electrons. The van der Waals surface area contributed by atoms with Crippen molar-refractivity contribution in [2.75, 3.05) is 34.3 Å². The van der Waals surface area contributed by atoms with Crippen molar-refractivity contribution < 1.29 is 37.0 Å². The van der Waals surface area contributed by atoms with E-state index in [-0.39, 0.29) is 23.9 Å². The summed E-state index contributed by atoms with van der Waals surface area (Å²) >= 11 is 0. The maximum absolute atomic E-state index is 13.8. The number of ether oxygens (including phenoxy) is 2. The van der Waals surface area contributed by atoms with Gasteiger partial charge in [0.2, 0.25) is 5.91 Å². The SMILES string of the molecule is COc1ccc(-c2c(C3CCCCC3)c3cc(C(=O)OC(=O)C(F)(F)F)ccc3n2CC(=O)N2CCC(N(C)C)CC2)cc1. The number of rotatable bonds is 7. The Morgan fingerprint density at radius 1 is 0.932 bits per heavy atom. The van der Waals surface area contributed by atoms with E-state index in [2.05, 4.69) is 9.64 Å². The smallest absolute Gasteiger partial charge is 0.491 e. The minimum atomic E-state index is -5.29. The van der Waals surface area contributed by atoms with E-state index in [4.69, 9.17) is 4.74 Å². The summed E-state index contributed by atoms with van der Waals surface area (Å²) in [7, 11) is 5.68. The van der Waals surface area contributed by atoms with Gasteiger partial charge in [-0.15, -0.1) is 0 Å². The highest BCUT2D eigenvalue weighted by Crippen LogP contribution is 2.44. The standard InChI is InChI=1S/C33H38F3N3O5/c1-37(2)24-15-17-38(18-16-24)28(40)20-39-27-14-11-23(31(41)44-32(42)33(34,35)36)19-26(27)29(21-7-5-4-6-8-21)30(39)22-9-12-25(43-3)13-10-22/h9-14,19,21,24H,4-8,15-18,20H2,1-3H3. The van der Waals surface area contributed by atoms with E-state index in [0.29, 0.717) is 35.8 Å². The molecule has 8 nitrogen and oxygen atoms in total. The first kappa shape index (κ1) is 31.6. The Hall–Kier alpha value is -3.86. The molecule has 236 valence electrons. The molecule has 0 bridgehead atoms. The van der Waals surface area contributed by atoms with Crippen molar-refractivity contribution in [3.8, 4) is 17.0 Å². The van der Waals surface area contributed by atoms with Crippen LogP contribution in [0.15, 0.2) is 42.5 Å². The van der Waals surface area contributed by atoms with Gasteiger partial charge in [-0.1, -0.05) is 19.3 Å². The Bertz CT molecular complexity index is 1520. The molecule has 1 saturated carbocycles. The first-order chi connectivity index (χ1) is 21.0. The zero-order chi connectivity index (χ0) is 31.6. The highest BCUT2D eigenvalue weighted by Gasteiger charge is 2.42. The van der Waals surface area contributed by atoms with Gasteiger partial charge in [-0.2, -0.15) is 13.2 Å². The summed E-state index contributed by atoms with van der Waals surface area (Å²) in [4.78, 5) is 42.0. The van der Waals surface area contributed by atoms with Crippen LogP contribution in [0.4, 0.5) is 13.2 Å². The monoisotopic (exact) mass is 613 g/mol. The molecule has 1 aliphatic heterocycles. The summed E-state index contributed by atoms with van der Waals surface area (Å²) in [5.74, 6) is -3.17. The molecule has 0 N–H and O–H groups in total. The highest BCUT2D eigenvalue weighted by atomic mass is 19.4. The van der Waals surface area contributed by atoms with Crippen LogP contribution in [0.5, 0.6) is 5.75 Å². The summed E-state index contributed by atoms with van der Waals surface area (Å²) in [5, 5.41) is 0.663. The molecule has 11 heteroatoms. The minimum Gasteiger partial charge on any atom is -0.497 e.